The predicted molar refractivity (Wildman–Crippen MR) is 75.1 cm³/mol. The molecule has 1 saturated heterocycles. The summed E-state index contributed by atoms with van der Waals surface area (Å²) in [6.07, 6.45) is 1.34. The third-order valence-corrected chi connectivity index (χ3v) is 3.18. The Kier molecular flexibility index (Phi) is 5.64. The molecule has 2 rings (SSSR count). The zero-order valence-corrected chi connectivity index (χ0v) is 11.6. The van der Waals surface area contributed by atoms with Crippen LogP contribution < -0.4 is 9.47 Å². The van der Waals surface area contributed by atoms with Crippen LogP contribution in [0, 0.1) is 0 Å². The molecule has 1 aliphatic rings. The Labute approximate surface area is 118 Å². The molecule has 1 fully saturated rings. The van der Waals surface area contributed by atoms with E-state index in [0.29, 0.717) is 23.7 Å². The maximum absolute atomic E-state index is 8.69. The van der Waals surface area contributed by atoms with Crippen LogP contribution in [0.2, 0.25) is 0 Å². The number of para-hydroxylation sites is 1. The number of rotatable bonds is 6. The highest BCUT2D eigenvalue weighted by Gasteiger charge is 2.12. The molecule has 0 unspecified atom stereocenters. The van der Waals surface area contributed by atoms with Gasteiger partial charge in [0.05, 0.1) is 26.5 Å². The van der Waals surface area contributed by atoms with Crippen molar-refractivity contribution < 1.29 is 19.4 Å². The van der Waals surface area contributed by atoms with Gasteiger partial charge in [-0.1, -0.05) is 11.2 Å². The van der Waals surface area contributed by atoms with Gasteiger partial charge in [-0.05, 0) is 12.1 Å². The van der Waals surface area contributed by atoms with Crippen molar-refractivity contribution in [3.63, 3.8) is 0 Å². The second-order valence-corrected chi connectivity index (χ2v) is 4.43. The zero-order chi connectivity index (χ0) is 14.2. The summed E-state index contributed by atoms with van der Waals surface area (Å²) in [5.74, 6) is 1.23. The molecule has 0 saturated carbocycles. The number of ether oxygens (including phenoxy) is 3. The number of methoxy groups -OCH3 is 1. The summed E-state index contributed by atoms with van der Waals surface area (Å²) >= 11 is 0. The van der Waals surface area contributed by atoms with Gasteiger partial charge in [-0.2, -0.15) is 0 Å². The van der Waals surface area contributed by atoms with Crippen LogP contribution in [0.4, 0.5) is 0 Å². The van der Waals surface area contributed by atoms with Crippen LogP contribution >= 0.6 is 0 Å². The smallest absolute Gasteiger partial charge is 0.170 e. The molecule has 6 nitrogen and oxygen atoms in total. The van der Waals surface area contributed by atoms with Crippen molar-refractivity contribution in [3.05, 3.63) is 23.8 Å². The van der Waals surface area contributed by atoms with Crippen molar-refractivity contribution in [2.75, 3.05) is 46.6 Å². The van der Waals surface area contributed by atoms with E-state index in [2.05, 4.69) is 10.1 Å². The predicted octanol–water partition coefficient (Wildman–Crippen LogP) is 1.21. The van der Waals surface area contributed by atoms with Crippen molar-refractivity contribution in [1.82, 2.24) is 4.90 Å². The first kappa shape index (κ1) is 14.6. The summed E-state index contributed by atoms with van der Waals surface area (Å²) in [6.45, 7) is 4.79. The monoisotopic (exact) mass is 280 g/mol. The lowest BCUT2D eigenvalue weighted by Crippen LogP contribution is -2.38. The second-order valence-electron chi connectivity index (χ2n) is 4.43. The van der Waals surface area contributed by atoms with Crippen LogP contribution in [0.25, 0.3) is 0 Å². The molecule has 0 amide bonds. The molecule has 1 N–H and O–H groups in total. The molecule has 1 aromatic carbocycles. The molecule has 0 radical (unpaired) electrons. The zero-order valence-electron chi connectivity index (χ0n) is 11.6. The molecular formula is C14H20N2O4. The first-order valence-electron chi connectivity index (χ1n) is 6.62. The fraction of sp³-hybridized carbons (Fsp3) is 0.500. The van der Waals surface area contributed by atoms with Crippen molar-refractivity contribution in [3.8, 4) is 11.5 Å². The van der Waals surface area contributed by atoms with Crippen molar-refractivity contribution in [1.29, 1.82) is 0 Å². The van der Waals surface area contributed by atoms with Gasteiger partial charge < -0.3 is 19.4 Å². The lowest BCUT2D eigenvalue weighted by atomic mass is 10.2. The molecule has 0 aliphatic carbocycles. The normalized spacial score (nSPS) is 16.4. The fourth-order valence-electron chi connectivity index (χ4n) is 2.11. The Bertz CT molecular complexity index is 445. The Balaban J connectivity index is 1.96. The second kappa shape index (κ2) is 7.72. The highest BCUT2D eigenvalue weighted by Crippen LogP contribution is 2.30. The third kappa shape index (κ3) is 3.85. The lowest BCUT2D eigenvalue weighted by Gasteiger charge is -2.26. The molecule has 20 heavy (non-hydrogen) atoms. The van der Waals surface area contributed by atoms with Crippen molar-refractivity contribution in [2.45, 2.75) is 0 Å². The van der Waals surface area contributed by atoms with Gasteiger partial charge in [0.15, 0.2) is 11.5 Å². The van der Waals surface area contributed by atoms with Gasteiger partial charge in [-0.3, -0.25) is 4.90 Å². The summed E-state index contributed by atoms with van der Waals surface area (Å²) in [5, 5.41) is 11.7. The number of nitrogens with zero attached hydrogens (tertiary/aromatic N) is 2. The third-order valence-electron chi connectivity index (χ3n) is 3.18. The number of benzene rings is 1. The summed E-state index contributed by atoms with van der Waals surface area (Å²) in [4.78, 5) is 2.29. The van der Waals surface area contributed by atoms with Gasteiger partial charge in [0.25, 0.3) is 0 Å². The summed E-state index contributed by atoms with van der Waals surface area (Å²) < 4.78 is 16.4. The Morgan fingerprint density at radius 3 is 2.90 bits per heavy atom. The van der Waals surface area contributed by atoms with Crippen LogP contribution in [-0.2, 0) is 4.74 Å². The van der Waals surface area contributed by atoms with E-state index in [-0.39, 0.29) is 0 Å². The number of hydrogen-bond acceptors (Lipinski definition) is 6. The molecule has 0 aromatic heterocycles. The van der Waals surface area contributed by atoms with Crippen LogP contribution in [0.5, 0.6) is 11.5 Å². The van der Waals surface area contributed by atoms with E-state index >= 15 is 0 Å². The summed E-state index contributed by atoms with van der Waals surface area (Å²) in [5.41, 5.74) is 0.689. The molecule has 110 valence electrons. The number of hydrogen-bond donors (Lipinski definition) is 1. The van der Waals surface area contributed by atoms with E-state index in [1.165, 1.54) is 6.21 Å². The summed E-state index contributed by atoms with van der Waals surface area (Å²) in [6, 6.07) is 5.45. The maximum Gasteiger partial charge on any atom is 0.170 e. The van der Waals surface area contributed by atoms with Crippen molar-refractivity contribution in [2.24, 2.45) is 5.16 Å². The molecule has 0 bridgehead atoms. The van der Waals surface area contributed by atoms with Crippen LogP contribution in [-0.4, -0.2) is 62.9 Å². The molecule has 6 heteroatoms. The molecular weight excluding hydrogens is 260 g/mol. The summed E-state index contributed by atoms with van der Waals surface area (Å²) in [7, 11) is 1.59. The minimum absolute atomic E-state index is 0.548. The quantitative estimate of drug-likeness (QED) is 0.482. The minimum atomic E-state index is 0.548. The van der Waals surface area contributed by atoms with Crippen LogP contribution in [0.3, 0.4) is 0 Å². The largest absolute Gasteiger partial charge is 0.493 e. The van der Waals surface area contributed by atoms with Gasteiger partial charge in [-0.15, -0.1) is 0 Å². The fourth-order valence-corrected chi connectivity index (χ4v) is 2.11. The first-order valence-corrected chi connectivity index (χ1v) is 6.62. The standard InChI is InChI=1S/C14H20N2O4/c1-18-13-4-2-3-12(11-15-17)14(13)20-10-7-16-5-8-19-9-6-16/h2-4,11,17H,5-10H2,1H3/b15-11+. The molecule has 0 spiro atoms. The van der Waals surface area contributed by atoms with Gasteiger partial charge >= 0.3 is 0 Å². The highest BCUT2D eigenvalue weighted by molar-refractivity contribution is 5.84. The van der Waals surface area contributed by atoms with Gasteiger partial charge in [0.1, 0.15) is 6.61 Å². The number of oxime groups is 1. The Hall–Kier alpha value is -1.79. The van der Waals surface area contributed by atoms with Gasteiger partial charge in [0, 0.05) is 25.2 Å². The molecule has 0 atom stereocenters. The molecule has 1 heterocycles. The van der Waals surface area contributed by atoms with Crippen LogP contribution in [0.1, 0.15) is 5.56 Å². The lowest BCUT2D eigenvalue weighted by molar-refractivity contribution is 0.0321. The van der Waals surface area contributed by atoms with E-state index in [1.807, 2.05) is 18.2 Å². The van der Waals surface area contributed by atoms with Gasteiger partial charge in [0.2, 0.25) is 0 Å². The van der Waals surface area contributed by atoms with E-state index in [9.17, 15) is 0 Å². The van der Waals surface area contributed by atoms with E-state index in [1.54, 1.807) is 7.11 Å². The molecule has 1 aliphatic heterocycles. The maximum atomic E-state index is 8.69. The van der Waals surface area contributed by atoms with Crippen molar-refractivity contribution >= 4 is 6.21 Å². The average Bonchev–Trinajstić information content (AvgIpc) is 2.50. The topological polar surface area (TPSA) is 63.5 Å². The van der Waals surface area contributed by atoms with E-state index in [0.717, 1.165) is 32.8 Å². The van der Waals surface area contributed by atoms with E-state index < -0.39 is 0 Å². The Morgan fingerprint density at radius 2 is 2.20 bits per heavy atom. The minimum Gasteiger partial charge on any atom is -0.493 e. The van der Waals surface area contributed by atoms with Gasteiger partial charge in [-0.25, -0.2) is 0 Å². The average molecular weight is 280 g/mol. The highest BCUT2D eigenvalue weighted by atomic mass is 16.5. The van der Waals surface area contributed by atoms with E-state index in [4.69, 9.17) is 19.4 Å². The Morgan fingerprint density at radius 1 is 1.40 bits per heavy atom. The first-order chi connectivity index (χ1) is 9.85. The number of morpholine rings is 1. The SMILES string of the molecule is COc1cccc(/C=N/O)c1OCCN1CCOCC1. The molecule has 1 aromatic rings. The van der Waals surface area contributed by atoms with Crippen LogP contribution in [0.15, 0.2) is 23.4 Å².